The van der Waals surface area contributed by atoms with Gasteiger partial charge in [-0.2, -0.15) is 11.3 Å². The third kappa shape index (κ3) is 2.46. The molecule has 0 spiro atoms. The van der Waals surface area contributed by atoms with Crippen LogP contribution in [0.1, 0.15) is 11.1 Å². The summed E-state index contributed by atoms with van der Waals surface area (Å²) in [6, 6.07) is 5.18. The molecule has 0 aliphatic carbocycles. The molecular formula is C12H9BrO2S. The van der Waals surface area contributed by atoms with E-state index in [0.29, 0.717) is 4.47 Å². The van der Waals surface area contributed by atoms with E-state index in [0.717, 1.165) is 11.1 Å². The van der Waals surface area contributed by atoms with Crippen molar-refractivity contribution in [3.8, 4) is 11.5 Å². The van der Waals surface area contributed by atoms with Gasteiger partial charge in [0, 0.05) is 0 Å². The minimum Gasteiger partial charge on any atom is -0.507 e. The molecule has 0 atom stereocenters. The van der Waals surface area contributed by atoms with Crippen LogP contribution in [0, 0.1) is 0 Å². The molecule has 2 aromatic rings. The van der Waals surface area contributed by atoms with Gasteiger partial charge in [-0.15, -0.1) is 0 Å². The molecule has 1 aromatic heterocycles. The van der Waals surface area contributed by atoms with Crippen LogP contribution in [0.4, 0.5) is 0 Å². The van der Waals surface area contributed by atoms with Crippen LogP contribution in [-0.2, 0) is 0 Å². The smallest absolute Gasteiger partial charge is 0.134 e. The molecule has 1 heterocycles. The van der Waals surface area contributed by atoms with Gasteiger partial charge < -0.3 is 10.2 Å². The zero-order valence-electron chi connectivity index (χ0n) is 8.22. The summed E-state index contributed by atoms with van der Waals surface area (Å²) in [6.07, 6.45) is 3.77. The zero-order chi connectivity index (χ0) is 11.5. The van der Waals surface area contributed by atoms with Gasteiger partial charge in [-0.1, -0.05) is 12.2 Å². The fourth-order valence-corrected chi connectivity index (χ4v) is 2.13. The number of hydrogen-bond donors (Lipinski definition) is 2. The number of phenols is 2. The van der Waals surface area contributed by atoms with Crippen molar-refractivity contribution in [2.75, 3.05) is 0 Å². The van der Waals surface area contributed by atoms with Crippen LogP contribution in [0.25, 0.3) is 12.2 Å². The summed E-state index contributed by atoms with van der Waals surface area (Å²) >= 11 is 4.71. The fourth-order valence-electron chi connectivity index (χ4n) is 1.27. The summed E-state index contributed by atoms with van der Waals surface area (Å²) in [6.45, 7) is 0. The van der Waals surface area contributed by atoms with Crippen molar-refractivity contribution in [2.24, 2.45) is 0 Å². The molecule has 2 rings (SSSR count). The van der Waals surface area contributed by atoms with Gasteiger partial charge in [0.25, 0.3) is 0 Å². The van der Waals surface area contributed by atoms with E-state index in [9.17, 15) is 10.2 Å². The number of halogens is 1. The van der Waals surface area contributed by atoms with Crippen LogP contribution >= 0.6 is 27.3 Å². The van der Waals surface area contributed by atoms with Gasteiger partial charge in [0.05, 0.1) is 0 Å². The molecular weight excluding hydrogens is 288 g/mol. The minimum atomic E-state index is 0.0324. The Hall–Kier alpha value is -1.26. The molecule has 0 fully saturated rings. The quantitative estimate of drug-likeness (QED) is 0.876. The number of rotatable bonds is 2. The van der Waals surface area contributed by atoms with E-state index < -0.39 is 0 Å². The van der Waals surface area contributed by atoms with Gasteiger partial charge in [-0.25, -0.2) is 0 Å². The number of benzene rings is 1. The summed E-state index contributed by atoms with van der Waals surface area (Å²) < 4.78 is 0.320. The second-order valence-corrected chi connectivity index (χ2v) is 4.84. The van der Waals surface area contributed by atoms with Crippen LogP contribution in [0.15, 0.2) is 33.4 Å². The highest BCUT2D eigenvalue weighted by Crippen LogP contribution is 2.34. The Morgan fingerprint density at radius 3 is 2.25 bits per heavy atom. The second kappa shape index (κ2) is 4.72. The number of aromatic hydroxyl groups is 2. The lowest BCUT2D eigenvalue weighted by molar-refractivity contribution is 0.444. The van der Waals surface area contributed by atoms with E-state index in [4.69, 9.17) is 0 Å². The Bertz CT molecular complexity index is 495. The summed E-state index contributed by atoms with van der Waals surface area (Å²) in [5.74, 6) is 0.0648. The first-order valence-corrected chi connectivity index (χ1v) is 6.32. The number of phenolic OH excluding ortho intramolecular Hbond substituents is 2. The maximum Gasteiger partial charge on any atom is 0.134 e. The largest absolute Gasteiger partial charge is 0.507 e. The predicted octanol–water partition coefficient (Wildman–Crippen LogP) is 4.09. The van der Waals surface area contributed by atoms with Crippen molar-refractivity contribution >= 4 is 39.4 Å². The monoisotopic (exact) mass is 296 g/mol. The molecule has 2 nitrogen and oxygen atoms in total. The van der Waals surface area contributed by atoms with Crippen LogP contribution in [-0.4, -0.2) is 10.2 Å². The number of hydrogen-bond acceptors (Lipinski definition) is 3. The van der Waals surface area contributed by atoms with E-state index >= 15 is 0 Å². The zero-order valence-corrected chi connectivity index (χ0v) is 10.6. The fraction of sp³-hybridized carbons (Fsp3) is 0. The van der Waals surface area contributed by atoms with Gasteiger partial charge in [-0.3, -0.25) is 0 Å². The molecule has 0 bridgehead atoms. The third-order valence-electron chi connectivity index (χ3n) is 2.07. The molecule has 0 amide bonds. The van der Waals surface area contributed by atoms with Crippen molar-refractivity contribution in [3.05, 3.63) is 44.6 Å². The maximum atomic E-state index is 9.50. The molecule has 82 valence electrons. The van der Waals surface area contributed by atoms with Gasteiger partial charge in [0.15, 0.2) is 0 Å². The lowest BCUT2D eigenvalue weighted by atomic mass is 10.1. The molecule has 0 aliphatic heterocycles. The van der Waals surface area contributed by atoms with E-state index in [1.54, 1.807) is 23.5 Å². The van der Waals surface area contributed by atoms with Gasteiger partial charge in [0.2, 0.25) is 0 Å². The first-order valence-electron chi connectivity index (χ1n) is 4.58. The van der Waals surface area contributed by atoms with Gasteiger partial charge in [0.1, 0.15) is 16.0 Å². The van der Waals surface area contributed by atoms with Crippen molar-refractivity contribution in [2.45, 2.75) is 0 Å². The summed E-state index contributed by atoms with van der Waals surface area (Å²) in [5, 5.41) is 23.0. The standard InChI is InChI=1S/C12H9BrO2S/c13-12-10(14)5-9(6-11(12)15)2-1-8-3-4-16-7-8/h1-7,14-15H/b2-1+. The Balaban J connectivity index is 2.29. The highest BCUT2D eigenvalue weighted by Gasteiger charge is 2.04. The van der Waals surface area contributed by atoms with Crippen molar-refractivity contribution in [1.82, 2.24) is 0 Å². The van der Waals surface area contributed by atoms with Crippen molar-refractivity contribution in [1.29, 1.82) is 0 Å². The Labute approximate surface area is 106 Å². The second-order valence-electron chi connectivity index (χ2n) is 3.26. The third-order valence-corrected chi connectivity index (χ3v) is 3.58. The van der Waals surface area contributed by atoms with Crippen molar-refractivity contribution in [3.63, 3.8) is 0 Å². The molecule has 1 aromatic carbocycles. The molecule has 0 unspecified atom stereocenters. The van der Waals surface area contributed by atoms with E-state index in [1.165, 1.54) is 0 Å². The highest BCUT2D eigenvalue weighted by atomic mass is 79.9. The predicted molar refractivity (Wildman–Crippen MR) is 70.7 cm³/mol. The molecule has 2 N–H and O–H groups in total. The van der Waals surface area contributed by atoms with Crippen LogP contribution in [0.5, 0.6) is 11.5 Å². The Kier molecular flexibility index (Phi) is 3.31. The maximum absolute atomic E-state index is 9.50. The Morgan fingerprint density at radius 1 is 1.06 bits per heavy atom. The van der Waals surface area contributed by atoms with E-state index in [-0.39, 0.29) is 11.5 Å². The lowest BCUT2D eigenvalue weighted by Gasteiger charge is -2.01. The SMILES string of the molecule is Oc1cc(/C=C/c2ccsc2)cc(O)c1Br. The van der Waals surface area contributed by atoms with E-state index in [1.807, 2.05) is 29.0 Å². The van der Waals surface area contributed by atoms with Crippen LogP contribution in [0.3, 0.4) is 0 Å². The normalized spacial score (nSPS) is 11.1. The lowest BCUT2D eigenvalue weighted by Crippen LogP contribution is -1.76. The average molecular weight is 297 g/mol. The first-order chi connectivity index (χ1) is 7.66. The summed E-state index contributed by atoms with van der Waals surface area (Å²) in [7, 11) is 0. The molecule has 16 heavy (non-hydrogen) atoms. The van der Waals surface area contributed by atoms with Gasteiger partial charge in [-0.05, 0) is 56.0 Å². The molecule has 0 radical (unpaired) electrons. The molecule has 4 heteroatoms. The highest BCUT2D eigenvalue weighted by molar-refractivity contribution is 9.10. The Morgan fingerprint density at radius 2 is 1.69 bits per heavy atom. The topological polar surface area (TPSA) is 40.5 Å². The molecule has 0 aliphatic rings. The van der Waals surface area contributed by atoms with Crippen LogP contribution < -0.4 is 0 Å². The molecule has 0 saturated carbocycles. The van der Waals surface area contributed by atoms with Crippen molar-refractivity contribution < 1.29 is 10.2 Å². The minimum absolute atomic E-state index is 0.0324. The van der Waals surface area contributed by atoms with Gasteiger partial charge >= 0.3 is 0 Å². The summed E-state index contributed by atoms with van der Waals surface area (Å²) in [4.78, 5) is 0. The summed E-state index contributed by atoms with van der Waals surface area (Å²) in [5.41, 5.74) is 1.86. The number of thiophene rings is 1. The van der Waals surface area contributed by atoms with E-state index in [2.05, 4.69) is 15.9 Å². The van der Waals surface area contributed by atoms with Crippen LogP contribution in [0.2, 0.25) is 0 Å². The average Bonchev–Trinajstić information content (AvgIpc) is 2.75. The molecule has 0 saturated heterocycles. The first kappa shape index (κ1) is 11.2.